The van der Waals surface area contributed by atoms with Crippen LogP contribution in [0.1, 0.15) is 167 Å². The van der Waals surface area contributed by atoms with Crippen molar-refractivity contribution in [3.63, 3.8) is 0 Å². The SMILES string of the molecule is CC(C)(C)c1cc([N-]c2ccccc2)c([O-])c(C(C)(C)C)c1.CC(C)(C)c1cc([N-]c2ccccc2)c([O-])c(C(C)(C)C)c1.Cc1ccc(C(C)C)cc1.Cc1ccc(C(C)C)cc1.[Ru+2].[Ru+2]. The molecule has 0 aromatic heterocycles. The first-order valence-electron chi connectivity index (χ1n) is 23.0. The molecular weight excluding hydrogens is 983 g/mol. The van der Waals surface area contributed by atoms with E-state index in [1.54, 1.807) is 0 Å². The van der Waals surface area contributed by atoms with Gasteiger partial charge in [-0.25, -0.2) is 0 Å². The van der Waals surface area contributed by atoms with Gasteiger partial charge in [-0.3, -0.25) is 0 Å². The zero-order valence-corrected chi connectivity index (χ0v) is 46.8. The maximum Gasteiger partial charge on any atom is 2.00 e. The molecule has 0 heterocycles. The average molecular weight is 1060 g/mol. The smallest absolute Gasteiger partial charge is 0.873 e. The van der Waals surface area contributed by atoms with Crippen LogP contribution in [0.2, 0.25) is 0 Å². The summed E-state index contributed by atoms with van der Waals surface area (Å²) in [5.74, 6) is 1.37. The number of benzene rings is 6. The van der Waals surface area contributed by atoms with Gasteiger partial charge in [-0.2, -0.15) is 0 Å². The van der Waals surface area contributed by atoms with Crippen LogP contribution >= 0.6 is 0 Å². The Bertz CT molecular complexity index is 2160. The third-order valence-electron chi connectivity index (χ3n) is 11.0. The number of hydrogen-bond donors (Lipinski definition) is 0. The summed E-state index contributed by atoms with van der Waals surface area (Å²) in [6.45, 7) is 38.5. The van der Waals surface area contributed by atoms with Crippen LogP contribution in [0.5, 0.6) is 11.5 Å². The second-order valence-corrected chi connectivity index (χ2v) is 21.8. The van der Waals surface area contributed by atoms with Gasteiger partial charge in [0.15, 0.2) is 0 Å². The van der Waals surface area contributed by atoms with E-state index >= 15 is 0 Å². The minimum atomic E-state index is -0.195. The van der Waals surface area contributed by atoms with Gasteiger partial charge < -0.3 is 20.8 Å². The van der Waals surface area contributed by atoms with Gasteiger partial charge in [-0.05, 0) is 69.6 Å². The number of para-hydroxylation sites is 2. The van der Waals surface area contributed by atoms with Gasteiger partial charge in [-0.15, -0.1) is 34.2 Å². The molecule has 0 bridgehead atoms. The van der Waals surface area contributed by atoms with Crippen LogP contribution in [-0.2, 0) is 60.6 Å². The molecule has 0 radical (unpaired) electrons. The Balaban J connectivity index is 0.000000463. The van der Waals surface area contributed by atoms with Gasteiger partial charge in [0.05, 0.1) is 0 Å². The fourth-order valence-electron chi connectivity index (χ4n) is 6.56. The molecule has 0 fully saturated rings. The molecule has 0 atom stereocenters. The molecule has 0 aliphatic heterocycles. The normalized spacial score (nSPS) is 11.3. The fourth-order valence-corrected chi connectivity index (χ4v) is 6.56. The Labute approximate surface area is 427 Å². The van der Waals surface area contributed by atoms with E-state index in [4.69, 9.17) is 0 Å². The molecule has 4 nitrogen and oxygen atoms in total. The van der Waals surface area contributed by atoms with Crippen molar-refractivity contribution in [2.45, 2.75) is 158 Å². The predicted octanol–water partition coefficient (Wildman–Crippen LogP) is 17.6. The summed E-state index contributed by atoms with van der Waals surface area (Å²) in [5.41, 5.74) is 11.7. The summed E-state index contributed by atoms with van der Waals surface area (Å²) in [6, 6.07) is 44.7. The third kappa shape index (κ3) is 19.2. The van der Waals surface area contributed by atoms with Crippen LogP contribution in [0.25, 0.3) is 10.6 Å². The van der Waals surface area contributed by atoms with Crippen molar-refractivity contribution in [2.75, 3.05) is 0 Å². The largest absolute Gasteiger partial charge is 2.00 e. The minimum Gasteiger partial charge on any atom is -0.873 e. The van der Waals surface area contributed by atoms with Crippen molar-refractivity contribution >= 4 is 22.7 Å². The molecule has 0 saturated carbocycles. The monoisotopic (exact) mass is 1060 g/mol. The molecular formula is C60H78N2O2Ru2. The second-order valence-electron chi connectivity index (χ2n) is 21.8. The first kappa shape index (κ1) is 59.8. The van der Waals surface area contributed by atoms with Crippen LogP contribution in [0.15, 0.2) is 133 Å². The van der Waals surface area contributed by atoms with E-state index in [1.165, 1.54) is 22.3 Å². The first-order valence-corrected chi connectivity index (χ1v) is 23.0. The van der Waals surface area contributed by atoms with E-state index in [2.05, 4.69) is 184 Å². The van der Waals surface area contributed by atoms with Gasteiger partial charge in [0.2, 0.25) is 0 Å². The van der Waals surface area contributed by atoms with Crippen molar-refractivity contribution in [1.29, 1.82) is 0 Å². The first-order chi connectivity index (χ1) is 29.6. The van der Waals surface area contributed by atoms with Crippen molar-refractivity contribution < 1.29 is 49.2 Å². The molecule has 0 spiro atoms. The van der Waals surface area contributed by atoms with E-state index in [0.717, 1.165) is 33.6 Å². The van der Waals surface area contributed by atoms with Gasteiger partial charge in [0.25, 0.3) is 0 Å². The summed E-state index contributed by atoms with van der Waals surface area (Å²) >= 11 is 0. The standard InChI is InChI=1S/2C20H26NO.2C10H14.2Ru/c2*1-19(2,3)14-12-16(20(4,5)6)18(22)17(13-14)21-15-10-8-7-9-11-15;2*1-8(2)10-6-4-9(3)5-7-10;;/h2*7-13,22H,1-6H3;2*4-8H,1-3H3;;/q2*-1;;;2*+2/p-2. The van der Waals surface area contributed by atoms with E-state index in [-0.39, 0.29) is 72.1 Å². The van der Waals surface area contributed by atoms with Crippen molar-refractivity contribution in [3.8, 4) is 11.5 Å². The molecule has 6 aromatic carbocycles. The second kappa shape index (κ2) is 25.8. The topological polar surface area (TPSA) is 74.3 Å². The Morgan fingerprint density at radius 1 is 0.379 bits per heavy atom. The molecule has 0 aliphatic rings. The van der Waals surface area contributed by atoms with Crippen LogP contribution in [0.3, 0.4) is 0 Å². The van der Waals surface area contributed by atoms with Crippen LogP contribution in [0.4, 0.5) is 22.7 Å². The number of nitrogens with zero attached hydrogens (tertiary/aromatic N) is 2. The van der Waals surface area contributed by atoms with E-state index in [0.29, 0.717) is 23.2 Å². The van der Waals surface area contributed by atoms with E-state index in [9.17, 15) is 10.2 Å². The van der Waals surface area contributed by atoms with Crippen molar-refractivity contribution in [3.05, 3.63) is 189 Å². The summed E-state index contributed by atoms with van der Waals surface area (Å²) in [7, 11) is 0. The van der Waals surface area contributed by atoms with Gasteiger partial charge in [0.1, 0.15) is 0 Å². The number of aryl methyl sites for hydroxylation is 2. The number of rotatable bonds is 6. The zero-order chi connectivity index (χ0) is 48.2. The Hall–Kier alpha value is -4.23. The van der Waals surface area contributed by atoms with Gasteiger partial charge in [-0.1, -0.05) is 266 Å². The van der Waals surface area contributed by atoms with Crippen LogP contribution in [-0.4, -0.2) is 0 Å². The van der Waals surface area contributed by atoms with Crippen LogP contribution in [0, 0.1) is 13.8 Å². The van der Waals surface area contributed by atoms with Gasteiger partial charge >= 0.3 is 39.0 Å². The molecule has 0 aliphatic carbocycles. The predicted molar refractivity (Wildman–Crippen MR) is 275 cm³/mol. The fraction of sp³-hybridized carbons (Fsp3) is 0.400. The van der Waals surface area contributed by atoms with Gasteiger partial charge in [0, 0.05) is 0 Å². The quantitative estimate of drug-likeness (QED) is 0.156. The molecule has 0 N–H and O–H groups in total. The molecule has 0 saturated heterocycles. The summed E-state index contributed by atoms with van der Waals surface area (Å²) < 4.78 is 0. The minimum absolute atomic E-state index is 0. The maximum atomic E-state index is 12.8. The summed E-state index contributed by atoms with van der Waals surface area (Å²) in [6.07, 6.45) is 0. The Morgan fingerprint density at radius 2 is 0.652 bits per heavy atom. The van der Waals surface area contributed by atoms with Crippen molar-refractivity contribution in [2.24, 2.45) is 0 Å². The average Bonchev–Trinajstić information content (AvgIpc) is 3.19. The molecule has 66 heavy (non-hydrogen) atoms. The zero-order valence-electron chi connectivity index (χ0n) is 43.3. The van der Waals surface area contributed by atoms with Crippen molar-refractivity contribution in [1.82, 2.24) is 0 Å². The van der Waals surface area contributed by atoms with Crippen LogP contribution < -0.4 is 10.2 Å². The molecule has 0 amide bonds. The van der Waals surface area contributed by atoms with E-state index in [1.807, 2.05) is 84.9 Å². The maximum absolute atomic E-state index is 12.8. The Morgan fingerprint density at radius 3 is 0.879 bits per heavy atom. The summed E-state index contributed by atoms with van der Waals surface area (Å²) in [4.78, 5) is 0. The molecule has 6 rings (SSSR count). The molecule has 356 valence electrons. The molecule has 6 heteroatoms. The summed E-state index contributed by atoms with van der Waals surface area (Å²) in [5, 5.41) is 34.8. The molecule has 0 unspecified atom stereocenters. The number of hydrogen-bond acceptors (Lipinski definition) is 2. The molecule has 6 aromatic rings. The van der Waals surface area contributed by atoms with E-state index < -0.39 is 0 Å². The Kier molecular flexibility index (Phi) is 23.3. The third-order valence-corrected chi connectivity index (χ3v) is 11.0.